The number of nitrogens with zero attached hydrogens (tertiary/aromatic N) is 1. The summed E-state index contributed by atoms with van der Waals surface area (Å²) >= 11 is 0. The molecule has 140 valence electrons. The number of nitrogens with one attached hydrogen (secondary N) is 1. The van der Waals surface area contributed by atoms with Crippen molar-refractivity contribution in [2.45, 2.75) is 26.1 Å². The van der Waals surface area contributed by atoms with Gasteiger partial charge in [0.05, 0.1) is 17.3 Å². The van der Waals surface area contributed by atoms with Crippen molar-refractivity contribution in [3.05, 3.63) is 77.0 Å². The molecule has 1 heterocycles. The van der Waals surface area contributed by atoms with E-state index in [2.05, 4.69) is 5.32 Å². The van der Waals surface area contributed by atoms with Gasteiger partial charge < -0.3 is 5.32 Å². The van der Waals surface area contributed by atoms with Crippen LogP contribution in [-0.2, 0) is 4.79 Å². The summed E-state index contributed by atoms with van der Waals surface area (Å²) in [6.07, 6.45) is -5.05. The molecule has 2 aromatic rings. The number of halogens is 3. The Morgan fingerprint density at radius 3 is 2.15 bits per heavy atom. The summed E-state index contributed by atoms with van der Waals surface area (Å²) in [6.45, 7) is 3.21. The molecule has 1 N–H and O–H groups in total. The van der Waals surface area contributed by atoms with Crippen LogP contribution in [0.15, 0.2) is 65.9 Å². The third-order valence-corrected chi connectivity index (χ3v) is 4.41. The normalized spacial score (nSPS) is 17.7. The lowest BCUT2D eigenvalue weighted by molar-refractivity contribution is -0.167. The fourth-order valence-corrected chi connectivity index (χ4v) is 3.09. The Balaban J connectivity index is 2.17. The molecular weight excluding hydrogens is 357 g/mol. The largest absolute Gasteiger partial charge is 0.454 e. The van der Waals surface area contributed by atoms with Gasteiger partial charge in [-0.25, -0.2) is 4.79 Å². The second-order valence-electron chi connectivity index (χ2n) is 6.29. The molecule has 0 spiro atoms. The molecule has 0 fully saturated rings. The first kappa shape index (κ1) is 18.7. The molecule has 7 heteroatoms. The molecule has 0 saturated heterocycles. The summed E-state index contributed by atoms with van der Waals surface area (Å²) in [4.78, 5) is 26.0. The van der Waals surface area contributed by atoms with Gasteiger partial charge in [0.25, 0.3) is 5.78 Å². The number of aryl methyl sites for hydroxylation is 1. The maximum absolute atomic E-state index is 13.3. The maximum Gasteiger partial charge on any atom is 0.454 e. The fourth-order valence-electron chi connectivity index (χ4n) is 3.09. The average Bonchev–Trinajstić information content (AvgIpc) is 2.62. The molecule has 0 bridgehead atoms. The van der Waals surface area contributed by atoms with Crippen LogP contribution in [0.1, 0.15) is 24.1 Å². The number of hydrogen-bond donors (Lipinski definition) is 1. The molecule has 1 atom stereocenters. The first-order valence-corrected chi connectivity index (χ1v) is 8.24. The minimum atomic E-state index is -5.05. The van der Waals surface area contributed by atoms with Crippen molar-refractivity contribution in [1.29, 1.82) is 0 Å². The zero-order valence-corrected chi connectivity index (χ0v) is 14.7. The number of hydrogen-bond acceptors (Lipinski definition) is 2. The monoisotopic (exact) mass is 374 g/mol. The molecule has 1 aliphatic heterocycles. The van der Waals surface area contributed by atoms with Crippen LogP contribution in [0, 0.1) is 6.92 Å². The topological polar surface area (TPSA) is 49.4 Å². The summed E-state index contributed by atoms with van der Waals surface area (Å²) in [5, 5.41) is 2.54. The van der Waals surface area contributed by atoms with Crippen molar-refractivity contribution in [3.63, 3.8) is 0 Å². The molecular formula is C20H17F3N2O2. The molecule has 2 aromatic carbocycles. The molecule has 4 nitrogen and oxygen atoms in total. The number of carbonyl (C=O) groups is 2. The van der Waals surface area contributed by atoms with E-state index in [1.54, 1.807) is 54.6 Å². The van der Waals surface area contributed by atoms with Gasteiger partial charge in [0, 0.05) is 5.70 Å². The first-order chi connectivity index (χ1) is 12.7. The van der Waals surface area contributed by atoms with E-state index < -0.39 is 29.6 Å². The predicted molar refractivity (Wildman–Crippen MR) is 95.1 cm³/mol. The standard InChI is InChI=1S/C20H17F3N2O2/c1-12-8-10-15(11-9-12)25-13(2)16(18(26)20(21,22)23)17(24-19(25)27)14-6-4-3-5-7-14/h3-11,17H,1-2H3,(H,24,27)/t17-/m1/s1. The van der Waals surface area contributed by atoms with Crippen LogP contribution < -0.4 is 10.2 Å². The number of carbonyl (C=O) groups excluding carboxylic acids is 2. The number of anilines is 1. The second kappa shape index (κ2) is 6.90. The smallest absolute Gasteiger partial charge is 0.326 e. The Hall–Kier alpha value is -3.09. The predicted octanol–water partition coefficient (Wildman–Crippen LogP) is 4.67. The number of allylic oxidation sites excluding steroid dienone is 1. The summed E-state index contributed by atoms with van der Waals surface area (Å²) < 4.78 is 39.8. The van der Waals surface area contributed by atoms with Gasteiger partial charge in [0.15, 0.2) is 0 Å². The summed E-state index contributed by atoms with van der Waals surface area (Å²) in [7, 11) is 0. The van der Waals surface area contributed by atoms with Crippen molar-refractivity contribution < 1.29 is 22.8 Å². The number of amides is 2. The van der Waals surface area contributed by atoms with E-state index in [9.17, 15) is 22.8 Å². The van der Waals surface area contributed by atoms with Crippen LogP contribution in [0.3, 0.4) is 0 Å². The molecule has 0 radical (unpaired) electrons. The van der Waals surface area contributed by atoms with Crippen molar-refractivity contribution in [3.8, 4) is 0 Å². The van der Waals surface area contributed by atoms with E-state index in [0.717, 1.165) is 10.5 Å². The van der Waals surface area contributed by atoms with Crippen LogP contribution in [0.25, 0.3) is 0 Å². The summed E-state index contributed by atoms with van der Waals surface area (Å²) in [6, 6.07) is 13.1. The molecule has 3 rings (SSSR count). The molecule has 2 amide bonds. The van der Waals surface area contributed by atoms with E-state index >= 15 is 0 Å². The van der Waals surface area contributed by atoms with Crippen molar-refractivity contribution >= 4 is 17.5 Å². The van der Waals surface area contributed by atoms with Gasteiger partial charge in [-0.2, -0.15) is 13.2 Å². The zero-order chi connectivity index (χ0) is 19.8. The Labute approximate surface area is 154 Å². The molecule has 0 saturated carbocycles. The highest BCUT2D eigenvalue weighted by molar-refractivity contribution is 6.07. The SMILES string of the molecule is CC1=C(C(=O)C(F)(F)F)[C@@H](c2ccccc2)NC(=O)N1c1ccc(C)cc1. The van der Waals surface area contributed by atoms with Gasteiger partial charge in [-0.15, -0.1) is 0 Å². The van der Waals surface area contributed by atoms with Crippen LogP contribution in [-0.4, -0.2) is 18.0 Å². The second-order valence-corrected chi connectivity index (χ2v) is 6.29. The number of alkyl halides is 3. The molecule has 0 aliphatic carbocycles. The van der Waals surface area contributed by atoms with Crippen molar-refractivity contribution in [2.24, 2.45) is 0 Å². The summed E-state index contributed by atoms with van der Waals surface area (Å²) in [5.74, 6) is -1.97. The van der Waals surface area contributed by atoms with Gasteiger partial charge in [0.2, 0.25) is 0 Å². The lowest BCUT2D eigenvalue weighted by Gasteiger charge is -2.36. The Morgan fingerprint density at radius 2 is 1.59 bits per heavy atom. The van der Waals surface area contributed by atoms with Crippen LogP contribution in [0.5, 0.6) is 0 Å². The van der Waals surface area contributed by atoms with Gasteiger partial charge in [0.1, 0.15) is 0 Å². The number of urea groups is 1. The lowest BCUT2D eigenvalue weighted by Crippen LogP contribution is -2.49. The van der Waals surface area contributed by atoms with Crippen LogP contribution in [0.4, 0.5) is 23.7 Å². The van der Waals surface area contributed by atoms with Gasteiger partial charge in [-0.3, -0.25) is 9.69 Å². The molecule has 0 aromatic heterocycles. The Morgan fingerprint density at radius 1 is 1.00 bits per heavy atom. The molecule has 1 aliphatic rings. The minimum absolute atomic E-state index is 0.0428. The number of ketones is 1. The highest BCUT2D eigenvalue weighted by Crippen LogP contribution is 2.37. The Bertz CT molecular complexity index is 903. The number of Topliss-reactive ketones (excluding diaryl/α,β-unsaturated/α-hetero) is 1. The van der Waals surface area contributed by atoms with E-state index in [0.29, 0.717) is 11.3 Å². The highest BCUT2D eigenvalue weighted by atomic mass is 19.4. The van der Waals surface area contributed by atoms with Gasteiger partial charge >= 0.3 is 12.2 Å². The Kier molecular flexibility index (Phi) is 4.78. The highest BCUT2D eigenvalue weighted by Gasteiger charge is 2.47. The van der Waals surface area contributed by atoms with Crippen LogP contribution in [0.2, 0.25) is 0 Å². The zero-order valence-electron chi connectivity index (χ0n) is 14.7. The van der Waals surface area contributed by atoms with Crippen molar-refractivity contribution in [2.75, 3.05) is 4.90 Å². The van der Waals surface area contributed by atoms with Crippen molar-refractivity contribution in [1.82, 2.24) is 5.32 Å². The fraction of sp³-hybridized carbons (Fsp3) is 0.200. The maximum atomic E-state index is 13.3. The third-order valence-electron chi connectivity index (χ3n) is 4.41. The quantitative estimate of drug-likeness (QED) is 0.849. The number of benzene rings is 2. The van der Waals surface area contributed by atoms with E-state index in [-0.39, 0.29) is 5.70 Å². The van der Waals surface area contributed by atoms with E-state index in [4.69, 9.17) is 0 Å². The summed E-state index contributed by atoms with van der Waals surface area (Å²) in [5.41, 5.74) is 1.19. The lowest BCUT2D eigenvalue weighted by atomic mass is 9.91. The van der Waals surface area contributed by atoms with Gasteiger partial charge in [-0.1, -0.05) is 48.0 Å². The minimum Gasteiger partial charge on any atom is -0.326 e. The van der Waals surface area contributed by atoms with Crippen LogP contribution >= 0.6 is 0 Å². The van der Waals surface area contributed by atoms with Gasteiger partial charge in [-0.05, 0) is 31.5 Å². The first-order valence-electron chi connectivity index (χ1n) is 8.24. The average molecular weight is 374 g/mol. The molecule has 27 heavy (non-hydrogen) atoms. The number of rotatable bonds is 3. The van der Waals surface area contributed by atoms with E-state index in [1.165, 1.54) is 6.92 Å². The molecule has 0 unspecified atom stereocenters. The van der Waals surface area contributed by atoms with E-state index in [1.807, 2.05) is 6.92 Å². The third kappa shape index (κ3) is 3.58.